The topological polar surface area (TPSA) is 46.7 Å². The highest BCUT2D eigenvalue weighted by Gasteiger charge is 2.80. The van der Waals surface area contributed by atoms with Gasteiger partial charge in [-0.3, -0.25) is 9.59 Å². The predicted molar refractivity (Wildman–Crippen MR) is 94.9 cm³/mol. The van der Waals surface area contributed by atoms with Gasteiger partial charge in [0, 0.05) is 23.7 Å². The summed E-state index contributed by atoms with van der Waals surface area (Å²) >= 11 is 0. The highest BCUT2D eigenvalue weighted by atomic mass is 16.6. The standard InChI is InChI=1S/C22H30O3/c1-11-10-16(23)19-22(25-19)13(3)12(2)18-14-6-7-17(24)20(14,4)9-8-15(18)21(11,22)5/h11-12,14-15,18-19H,3,6-10H2,1-2,4-5H3/t11?,12-,14+,15+,18+,19?,20+,21-,22?/m1/s1. The minimum Gasteiger partial charge on any atom is -0.352 e. The average Bonchev–Trinajstić information content (AvgIpc) is 3.27. The van der Waals surface area contributed by atoms with E-state index in [4.69, 9.17) is 4.74 Å². The Balaban J connectivity index is 1.64. The Morgan fingerprint density at radius 1 is 1.12 bits per heavy atom. The van der Waals surface area contributed by atoms with Crippen molar-refractivity contribution >= 4 is 11.6 Å². The zero-order valence-electron chi connectivity index (χ0n) is 15.9. The second kappa shape index (κ2) is 4.47. The van der Waals surface area contributed by atoms with Crippen molar-refractivity contribution in [3.05, 3.63) is 12.2 Å². The number of epoxide rings is 1. The van der Waals surface area contributed by atoms with Gasteiger partial charge in [0.25, 0.3) is 0 Å². The molecule has 5 aliphatic rings. The van der Waals surface area contributed by atoms with Crippen molar-refractivity contribution in [3.63, 3.8) is 0 Å². The van der Waals surface area contributed by atoms with Crippen LogP contribution >= 0.6 is 0 Å². The Kier molecular flexibility index (Phi) is 2.90. The van der Waals surface area contributed by atoms with E-state index in [0.29, 0.717) is 41.8 Å². The highest BCUT2D eigenvalue weighted by molar-refractivity contribution is 5.90. The summed E-state index contributed by atoms with van der Waals surface area (Å²) in [6, 6.07) is 0. The van der Waals surface area contributed by atoms with Crippen molar-refractivity contribution in [2.24, 2.45) is 40.4 Å². The molecule has 25 heavy (non-hydrogen) atoms. The molecule has 1 aliphatic heterocycles. The van der Waals surface area contributed by atoms with Crippen LogP contribution < -0.4 is 0 Å². The fourth-order valence-electron chi connectivity index (χ4n) is 8.01. The number of carbonyl (C=O) groups is 2. The zero-order valence-corrected chi connectivity index (χ0v) is 15.9. The minimum atomic E-state index is -0.418. The van der Waals surface area contributed by atoms with Crippen LogP contribution in [0.1, 0.15) is 59.8 Å². The molecule has 0 aromatic rings. The number of hydrogen-bond acceptors (Lipinski definition) is 3. The van der Waals surface area contributed by atoms with E-state index >= 15 is 0 Å². The monoisotopic (exact) mass is 342 g/mol. The summed E-state index contributed by atoms with van der Waals surface area (Å²) in [5.41, 5.74) is 0.573. The lowest BCUT2D eigenvalue weighted by Crippen LogP contribution is -2.64. The first-order valence-corrected chi connectivity index (χ1v) is 10.1. The number of ether oxygens (including phenoxy) is 1. The molecule has 0 aromatic heterocycles. The maximum atomic E-state index is 12.6. The van der Waals surface area contributed by atoms with E-state index in [1.54, 1.807) is 0 Å². The molecule has 1 heterocycles. The van der Waals surface area contributed by atoms with Gasteiger partial charge in [-0.15, -0.1) is 0 Å². The number of hydrogen-bond donors (Lipinski definition) is 0. The molecule has 1 saturated heterocycles. The molecule has 1 spiro atoms. The summed E-state index contributed by atoms with van der Waals surface area (Å²) in [7, 11) is 0. The van der Waals surface area contributed by atoms with Crippen LogP contribution in [0.4, 0.5) is 0 Å². The van der Waals surface area contributed by atoms with Crippen molar-refractivity contribution < 1.29 is 14.3 Å². The van der Waals surface area contributed by atoms with Crippen LogP contribution in [-0.4, -0.2) is 23.3 Å². The smallest absolute Gasteiger partial charge is 0.165 e. The van der Waals surface area contributed by atoms with Gasteiger partial charge in [-0.2, -0.15) is 0 Å². The SMILES string of the molecule is C=C1[C@@H](C)[C@H]2[C@@H]3CCC(=O)[C@@]3(C)CC[C@@H]2[C@@]2(C)C(C)CC(=O)C3OC132. The zero-order chi connectivity index (χ0) is 17.9. The average molecular weight is 342 g/mol. The Bertz CT molecular complexity index is 710. The van der Waals surface area contributed by atoms with E-state index in [1.165, 1.54) is 0 Å². The van der Waals surface area contributed by atoms with E-state index in [9.17, 15) is 9.59 Å². The number of carbonyl (C=O) groups excluding carboxylic acids is 2. The molecule has 0 aromatic carbocycles. The summed E-state index contributed by atoms with van der Waals surface area (Å²) in [5, 5.41) is 0. The lowest BCUT2D eigenvalue weighted by molar-refractivity contribution is -0.146. The first kappa shape index (κ1) is 16.2. The first-order chi connectivity index (χ1) is 11.7. The van der Waals surface area contributed by atoms with Gasteiger partial charge in [0.1, 0.15) is 11.4 Å². The van der Waals surface area contributed by atoms with Crippen molar-refractivity contribution in [1.29, 1.82) is 0 Å². The molecule has 0 bridgehead atoms. The fourth-order valence-corrected chi connectivity index (χ4v) is 8.01. The number of ketones is 2. The van der Waals surface area contributed by atoms with Crippen LogP contribution in [0.2, 0.25) is 0 Å². The van der Waals surface area contributed by atoms with E-state index in [-0.39, 0.29) is 22.7 Å². The molecule has 9 atom stereocenters. The van der Waals surface area contributed by atoms with E-state index in [0.717, 1.165) is 31.3 Å². The Labute approximate surface area is 150 Å². The molecule has 4 saturated carbocycles. The molecular weight excluding hydrogens is 312 g/mol. The van der Waals surface area contributed by atoms with E-state index in [1.807, 2.05) is 0 Å². The molecular formula is C22H30O3. The van der Waals surface area contributed by atoms with Gasteiger partial charge in [-0.1, -0.05) is 34.3 Å². The van der Waals surface area contributed by atoms with Crippen LogP contribution in [0.5, 0.6) is 0 Å². The predicted octanol–water partition coefficient (Wildman–Crippen LogP) is 3.96. The number of fused-ring (bicyclic) bond motifs is 4. The lowest BCUT2D eigenvalue weighted by atomic mass is 9.40. The third kappa shape index (κ3) is 1.52. The van der Waals surface area contributed by atoms with Crippen LogP contribution in [0.15, 0.2) is 12.2 Å². The summed E-state index contributed by atoms with van der Waals surface area (Å²) in [4.78, 5) is 25.2. The Morgan fingerprint density at radius 2 is 1.84 bits per heavy atom. The normalized spacial score (nSPS) is 59.8. The van der Waals surface area contributed by atoms with Gasteiger partial charge in [-0.25, -0.2) is 0 Å². The first-order valence-electron chi connectivity index (χ1n) is 10.1. The Morgan fingerprint density at radius 3 is 2.56 bits per heavy atom. The molecule has 3 unspecified atom stereocenters. The maximum Gasteiger partial charge on any atom is 0.165 e. The van der Waals surface area contributed by atoms with Crippen LogP contribution in [0.25, 0.3) is 0 Å². The summed E-state index contributed by atoms with van der Waals surface area (Å²) in [6.07, 6.45) is 4.27. The van der Waals surface area contributed by atoms with E-state index in [2.05, 4.69) is 34.3 Å². The Hall–Kier alpha value is -0.960. The summed E-state index contributed by atoms with van der Waals surface area (Å²) < 4.78 is 6.23. The van der Waals surface area contributed by atoms with Crippen molar-refractivity contribution in [1.82, 2.24) is 0 Å². The molecule has 4 aliphatic carbocycles. The van der Waals surface area contributed by atoms with Gasteiger partial charge < -0.3 is 4.74 Å². The van der Waals surface area contributed by atoms with Crippen LogP contribution in [0, 0.1) is 40.4 Å². The van der Waals surface area contributed by atoms with Gasteiger partial charge in [0.15, 0.2) is 11.9 Å². The van der Waals surface area contributed by atoms with Gasteiger partial charge in [-0.05, 0) is 54.4 Å². The summed E-state index contributed by atoms with van der Waals surface area (Å²) in [5.74, 6) is 2.91. The van der Waals surface area contributed by atoms with Gasteiger partial charge in [0.05, 0.1) is 0 Å². The lowest BCUT2D eigenvalue weighted by Gasteiger charge is -2.62. The summed E-state index contributed by atoms with van der Waals surface area (Å²) in [6.45, 7) is 13.6. The molecule has 3 heteroatoms. The van der Waals surface area contributed by atoms with E-state index < -0.39 is 5.60 Å². The third-order valence-corrected chi connectivity index (χ3v) is 9.66. The van der Waals surface area contributed by atoms with Crippen molar-refractivity contribution in [2.75, 3.05) is 0 Å². The van der Waals surface area contributed by atoms with Gasteiger partial charge in [0.2, 0.25) is 0 Å². The van der Waals surface area contributed by atoms with Crippen molar-refractivity contribution in [2.45, 2.75) is 71.5 Å². The van der Waals surface area contributed by atoms with Gasteiger partial charge >= 0.3 is 0 Å². The molecule has 5 fully saturated rings. The minimum absolute atomic E-state index is 0.0210. The molecule has 136 valence electrons. The number of Topliss-reactive ketones (excluding diaryl/α,β-unsaturated/α-hetero) is 2. The fraction of sp³-hybridized carbons (Fsp3) is 0.818. The molecule has 0 amide bonds. The van der Waals surface area contributed by atoms with Crippen LogP contribution in [-0.2, 0) is 14.3 Å². The molecule has 0 radical (unpaired) electrons. The largest absolute Gasteiger partial charge is 0.352 e. The number of rotatable bonds is 0. The van der Waals surface area contributed by atoms with Crippen LogP contribution in [0.3, 0.4) is 0 Å². The molecule has 3 nitrogen and oxygen atoms in total. The maximum absolute atomic E-state index is 12.6. The second-order valence-electron chi connectivity index (χ2n) is 10.1. The quantitative estimate of drug-likeness (QED) is 0.494. The third-order valence-electron chi connectivity index (χ3n) is 9.66. The molecule has 5 rings (SSSR count). The highest BCUT2D eigenvalue weighted by Crippen LogP contribution is 2.75. The second-order valence-corrected chi connectivity index (χ2v) is 10.1. The molecule has 0 N–H and O–H groups in total. The van der Waals surface area contributed by atoms with Crippen molar-refractivity contribution in [3.8, 4) is 0 Å².